The molecular formula is C17H25NO4S. The fraction of sp³-hybridized carbons (Fsp3) is 0.529. The predicted octanol–water partition coefficient (Wildman–Crippen LogP) is 3.14. The first-order valence-electron chi connectivity index (χ1n) is 7.68. The van der Waals surface area contributed by atoms with E-state index >= 15 is 0 Å². The van der Waals surface area contributed by atoms with Crippen molar-refractivity contribution in [1.82, 2.24) is 4.90 Å². The maximum Gasteiger partial charge on any atom is 0.305 e. The monoisotopic (exact) mass is 339 g/mol. The Kier molecular flexibility index (Phi) is 8.55. The van der Waals surface area contributed by atoms with Crippen LogP contribution in [0.5, 0.6) is 5.75 Å². The zero-order valence-electron chi connectivity index (χ0n) is 13.9. The molecule has 0 heterocycles. The lowest BCUT2D eigenvalue weighted by molar-refractivity contribution is -0.138. The van der Waals surface area contributed by atoms with Crippen LogP contribution in [0.15, 0.2) is 29.2 Å². The highest BCUT2D eigenvalue weighted by atomic mass is 32.2. The van der Waals surface area contributed by atoms with Crippen LogP contribution in [0.1, 0.15) is 26.7 Å². The number of hydrogen-bond donors (Lipinski definition) is 1. The molecule has 0 bridgehead atoms. The van der Waals surface area contributed by atoms with Crippen LogP contribution in [-0.4, -0.2) is 47.8 Å². The number of carboxylic acid groups (broad SMARTS) is 1. The largest absolute Gasteiger partial charge is 0.497 e. The van der Waals surface area contributed by atoms with E-state index in [1.54, 1.807) is 23.8 Å². The van der Waals surface area contributed by atoms with Gasteiger partial charge in [-0.25, -0.2) is 0 Å². The third-order valence-electron chi connectivity index (χ3n) is 3.18. The van der Waals surface area contributed by atoms with Crippen molar-refractivity contribution in [3.63, 3.8) is 0 Å². The van der Waals surface area contributed by atoms with Gasteiger partial charge in [0, 0.05) is 30.2 Å². The molecule has 0 aromatic heterocycles. The van der Waals surface area contributed by atoms with E-state index in [4.69, 9.17) is 9.84 Å². The summed E-state index contributed by atoms with van der Waals surface area (Å²) in [5, 5.41) is 8.79. The number of carbonyl (C=O) groups is 2. The number of rotatable bonds is 10. The number of ether oxygens (including phenoxy) is 1. The van der Waals surface area contributed by atoms with Crippen molar-refractivity contribution in [2.45, 2.75) is 31.6 Å². The third-order valence-corrected chi connectivity index (χ3v) is 4.19. The van der Waals surface area contributed by atoms with Crippen molar-refractivity contribution in [3.8, 4) is 5.75 Å². The number of aliphatic carboxylic acids is 1. The standard InChI is InChI=1S/C17H25NO4S/c1-13(2)12-18(10-8-17(20)21)16(19)9-11-23-15-6-4-14(22-3)5-7-15/h4-7,13H,8-12H2,1-3H3,(H,20,21). The van der Waals surface area contributed by atoms with Crippen LogP contribution >= 0.6 is 11.8 Å². The lowest BCUT2D eigenvalue weighted by atomic mass is 10.2. The minimum atomic E-state index is -0.876. The number of carboxylic acids is 1. The summed E-state index contributed by atoms with van der Waals surface area (Å²) in [5.41, 5.74) is 0. The highest BCUT2D eigenvalue weighted by Crippen LogP contribution is 2.22. The van der Waals surface area contributed by atoms with Gasteiger partial charge in [-0.05, 0) is 30.2 Å². The second-order valence-electron chi connectivity index (χ2n) is 5.65. The van der Waals surface area contributed by atoms with E-state index in [0.717, 1.165) is 10.6 Å². The van der Waals surface area contributed by atoms with Crippen LogP contribution in [0.4, 0.5) is 0 Å². The van der Waals surface area contributed by atoms with Crippen molar-refractivity contribution in [2.24, 2.45) is 5.92 Å². The number of amides is 1. The summed E-state index contributed by atoms with van der Waals surface area (Å²) >= 11 is 1.61. The van der Waals surface area contributed by atoms with E-state index < -0.39 is 5.97 Å². The Labute approximate surface area is 142 Å². The fourth-order valence-electron chi connectivity index (χ4n) is 2.08. The molecule has 128 valence electrons. The van der Waals surface area contributed by atoms with Crippen LogP contribution in [-0.2, 0) is 9.59 Å². The van der Waals surface area contributed by atoms with Gasteiger partial charge < -0.3 is 14.7 Å². The van der Waals surface area contributed by atoms with Crippen LogP contribution in [0.25, 0.3) is 0 Å². The van der Waals surface area contributed by atoms with Crippen molar-refractivity contribution >= 4 is 23.6 Å². The molecule has 0 fully saturated rings. The van der Waals surface area contributed by atoms with E-state index in [2.05, 4.69) is 0 Å². The quantitative estimate of drug-likeness (QED) is 0.663. The molecule has 0 saturated heterocycles. The molecule has 0 radical (unpaired) electrons. The summed E-state index contributed by atoms with van der Waals surface area (Å²) in [5.74, 6) is 0.941. The predicted molar refractivity (Wildman–Crippen MR) is 92.0 cm³/mol. The Bertz CT molecular complexity index is 502. The average molecular weight is 339 g/mol. The Balaban J connectivity index is 2.45. The molecule has 0 spiro atoms. The minimum absolute atomic E-state index is 0.00984. The second-order valence-corrected chi connectivity index (χ2v) is 6.82. The maximum atomic E-state index is 12.3. The van der Waals surface area contributed by atoms with Gasteiger partial charge in [-0.3, -0.25) is 9.59 Å². The zero-order valence-corrected chi connectivity index (χ0v) is 14.8. The summed E-state index contributed by atoms with van der Waals surface area (Å²) in [4.78, 5) is 25.7. The average Bonchev–Trinajstić information content (AvgIpc) is 2.51. The van der Waals surface area contributed by atoms with Crippen molar-refractivity contribution in [1.29, 1.82) is 0 Å². The Morgan fingerprint density at radius 2 is 1.87 bits per heavy atom. The lowest BCUT2D eigenvalue weighted by Gasteiger charge is -2.24. The van der Waals surface area contributed by atoms with Gasteiger partial charge in [0.1, 0.15) is 5.75 Å². The summed E-state index contributed by atoms with van der Waals surface area (Å²) in [6.07, 6.45) is 0.396. The topological polar surface area (TPSA) is 66.8 Å². The van der Waals surface area contributed by atoms with E-state index in [1.165, 1.54) is 0 Å². The molecule has 0 atom stereocenters. The molecule has 1 aromatic rings. The van der Waals surface area contributed by atoms with Gasteiger partial charge in [0.05, 0.1) is 13.5 Å². The van der Waals surface area contributed by atoms with Crippen molar-refractivity contribution < 1.29 is 19.4 Å². The Hall–Kier alpha value is -1.69. The molecule has 0 aliphatic carbocycles. The second kappa shape index (κ2) is 10.2. The summed E-state index contributed by atoms with van der Waals surface area (Å²) in [7, 11) is 1.63. The first kappa shape index (κ1) is 19.4. The van der Waals surface area contributed by atoms with Gasteiger partial charge in [0.15, 0.2) is 0 Å². The van der Waals surface area contributed by atoms with E-state index in [0.29, 0.717) is 24.6 Å². The summed E-state index contributed by atoms with van der Waals surface area (Å²) < 4.78 is 5.11. The zero-order chi connectivity index (χ0) is 17.2. The van der Waals surface area contributed by atoms with Gasteiger partial charge >= 0.3 is 5.97 Å². The fourth-order valence-corrected chi connectivity index (χ4v) is 2.92. The number of benzene rings is 1. The maximum absolute atomic E-state index is 12.3. The molecule has 23 heavy (non-hydrogen) atoms. The highest BCUT2D eigenvalue weighted by Gasteiger charge is 2.15. The molecular weight excluding hydrogens is 314 g/mol. The van der Waals surface area contributed by atoms with Crippen LogP contribution in [0.2, 0.25) is 0 Å². The van der Waals surface area contributed by atoms with E-state index in [1.807, 2.05) is 38.1 Å². The van der Waals surface area contributed by atoms with E-state index in [9.17, 15) is 9.59 Å². The Morgan fingerprint density at radius 1 is 1.22 bits per heavy atom. The van der Waals surface area contributed by atoms with Gasteiger partial charge in [0.25, 0.3) is 0 Å². The highest BCUT2D eigenvalue weighted by molar-refractivity contribution is 7.99. The van der Waals surface area contributed by atoms with Crippen LogP contribution in [0.3, 0.4) is 0 Å². The molecule has 0 unspecified atom stereocenters. The van der Waals surface area contributed by atoms with Gasteiger partial charge in [-0.2, -0.15) is 0 Å². The number of carbonyl (C=O) groups excluding carboxylic acids is 1. The number of nitrogens with zero attached hydrogens (tertiary/aromatic N) is 1. The smallest absolute Gasteiger partial charge is 0.305 e. The van der Waals surface area contributed by atoms with Crippen LogP contribution < -0.4 is 4.74 Å². The molecule has 6 heteroatoms. The van der Waals surface area contributed by atoms with Crippen molar-refractivity contribution in [2.75, 3.05) is 26.0 Å². The van der Waals surface area contributed by atoms with Gasteiger partial charge in [0.2, 0.25) is 5.91 Å². The molecule has 0 saturated carbocycles. The lowest BCUT2D eigenvalue weighted by Crippen LogP contribution is -2.36. The van der Waals surface area contributed by atoms with Gasteiger partial charge in [-0.1, -0.05) is 13.8 Å². The normalized spacial score (nSPS) is 10.6. The molecule has 1 amide bonds. The Morgan fingerprint density at radius 3 is 2.39 bits per heavy atom. The van der Waals surface area contributed by atoms with Crippen LogP contribution in [0, 0.1) is 5.92 Å². The summed E-state index contributed by atoms with van der Waals surface area (Å²) in [6.45, 7) is 4.92. The molecule has 1 rings (SSSR count). The van der Waals surface area contributed by atoms with Crippen molar-refractivity contribution in [3.05, 3.63) is 24.3 Å². The number of methoxy groups -OCH3 is 1. The number of thioether (sulfide) groups is 1. The third kappa shape index (κ3) is 7.93. The van der Waals surface area contributed by atoms with Gasteiger partial charge in [-0.15, -0.1) is 11.8 Å². The summed E-state index contributed by atoms with van der Waals surface area (Å²) in [6, 6.07) is 7.71. The number of hydrogen-bond acceptors (Lipinski definition) is 4. The molecule has 1 N–H and O–H groups in total. The molecule has 1 aromatic carbocycles. The molecule has 5 nitrogen and oxygen atoms in total. The first-order valence-corrected chi connectivity index (χ1v) is 8.67. The molecule has 0 aliphatic rings. The molecule has 0 aliphatic heterocycles. The SMILES string of the molecule is COc1ccc(SCCC(=O)N(CCC(=O)O)CC(C)C)cc1. The first-order chi connectivity index (χ1) is 10.9. The minimum Gasteiger partial charge on any atom is -0.497 e. The van der Waals surface area contributed by atoms with E-state index in [-0.39, 0.29) is 18.9 Å².